The maximum Gasteiger partial charge on any atom is 0.246 e. The van der Waals surface area contributed by atoms with Crippen molar-refractivity contribution < 1.29 is 57.8 Å². The molecule has 1 aliphatic rings. The molecule has 1 fully saturated rings. The number of allylic oxidation sites excluding steroid dienone is 2. The van der Waals surface area contributed by atoms with Crippen LogP contribution < -0.4 is 21.3 Å². The molecular formula is C58H103N11O12. The normalized spacial score (nSPS) is 26.6. The predicted octanol–water partition coefficient (Wildman–Crippen LogP) is 1.85. The Kier molecular flexibility index (Phi) is 29.8. The van der Waals surface area contributed by atoms with Crippen molar-refractivity contribution in [3.63, 3.8) is 0 Å². The van der Waals surface area contributed by atoms with Crippen LogP contribution in [0.5, 0.6) is 0 Å². The van der Waals surface area contributed by atoms with Gasteiger partial charge in [-0.1, -0.05) is 95.2 Å². The van der Waals surface area contributed by atoms with Gasteiger partial charge < -0.3 is 60.7 Å². The highest BCUT2D eigenvalue weighted by Gasteiger charge is 2.45. The first kappa shape index (κ1) is 72.9. The van der Waals surface area contributed by atoms with Crippen LogP contribution in [-0.2, 0) is 52.7 Å². The Balaban J connectivity index is 4.20. The number of aliphatic hydroxyl groups is 1. The van der Waals surface area contributed by atoms with Crippen LogP contribution in [0.25, 0.3) is 0 Å². The van der Waals surface area contributed by atoms with Crippen LogP contribution in [0.2, 0.25) is 0 Å². The van der Waals surface area contributed by atoms with E-state index in [9.17, 15) is 48.3 Å². The predicted molar refractivity (Wildman–Crippen MR) is 310 cm³/mol. The molecule has 0 aliphatic carbocycles. The number of rotatable bonds is 13. The smallest absolute Gasteiger partial charge is 0.246 e. The van der Waals surface area contributed by atoms with Crippen LogP contribution in [-0.4, -0.2) is 227 Å². The molecule has 0 aromatic carbocycles. The standard InChI is InChI=1S/C58H103N11O12/c1-23-25-26-37(13)49(72)48-52(75)61-40(24-2)54(77)64(17)31-45(71)65(18)41(27-32(3)4)51(74)62-46(35(9)10)57(80)63(16)30-44(70)59-38(14)50(73)60-39(15)53(76)66(19)42(28-33(5)6)55(78)67(20)43(29-34(7)8)56(79)68(21)47(36(11)12)58(81)69(48)22/h23,25,32-43,46-49,72H,24,26-31H2,1-22H3,(H,59,70)(H,60,73)(H,61,75)(H,62,74)/b25-23+/t37-,38+,39-,40+,41+,42+,43-,46+,47+,48+,49-/m1/s1. The summed E-state index contributed by atoms with van der Waals surface area (Å²) in [5, 5.41) is 22.7. The van der Waals surface area contributed by atoms with Crippen molar-refractivity contribution in [1.82, 2.24) is 55.6 Å². The number of hydrogen-bond acceptors (Lipinski definition) is 12. The molecule has 462 valence electrons. The summed E-state index contributed by atoms with van der Waals surface area (Å²) < 4.78 is 0. The molecule has 0 radical (unpaired) electrons. The van der Waals surface area contributed by atoms with Gasteiger partial charge in [0.25, 0.3) is 0 Å². The molecule has 81 heavy (non-hydrogen) atoms. The molecule has 0 unspecified atom stereocenters. The lowest BCUT2D eigenvalue weighted by molar-refractivity contribution is -0.157. The number of amides is 11. The van der Waals surface area contributed by atoms with Gasteiger partial charge in [-0.15, -0.1) is 0 Å². The third-order valence-corrected chi connectivity index (χ3v) is 15.0. The van der Waals surface area contributed by atoms with E-state index < -0.39 is 156 Å². The summed E-state index contributed by atoms with van der Waals surface area (Å²) >= 11 is 0. The number of aliphatic hydroxyl groups excluding tert-OH is 1. The lowest BCUT2D eigenvalue weighted by Gasteiger charge is -2.41. The first-order valence-electron chi connectivity index (χ1n) is 28.7. The summed E-state index contributed by atoms with van der Waals surface area (Å²) in [5.41, 5.74) is 0. The summed E-state index contributed by atoms with van der Waals surface area (Å²) in [7, 11) is 9.79. The number of carbonyl (C=O) groups excluding carboxylic acids is 11. The van der Waals surface area contributed by atoms with Crippen molar-refractivity contribution in [2.45, 2.75) is 196 Å². The first-order valence-corrected chi connectivity index (χ1v) is 28.7. The van der Waals surface area contributed by atoms with Gasteiger partial charge in [-0.05, 0) is 88.4 Å². The third-order valence-electron chi connectivity index (χ3n) is 15.0. The minimum Gasteiger partial charge on any atom is -0.390 e. The molecule has 0 spiro atoms. The van der Waals surface area contributed by atoms with Crippen molar-refractivity contribution in [2.75, 3.05) is 62.4 Å². The monoisotopic (exact) mass is 1150 g/mol. The molecule has 1 rings (SSSR count). The summed E-state index contributed by atoms with van der Waals surface area (Å²) in [5.74, 6) is -9.63. The Hall–Kier alpha value is -6.13. The second-order valence-electron chi connectivity index (χ2n) is 24.3. The minimum atomic E-state index is -1.61. The van der Waals surface area contributed by atoms with Gasteiger partial charge in [0.15, 0.2) is 0 Å². The van der Waals surface area contributed by atoms with Crippen molar-refractivity contribution in [3.05, 3.63) is 12.2 Å². The van der Waals surface area contributed by atoms with Crippen molar-refractivity contribution in [3.8, 4) is 0 Å². The molecule has 11 atom stereocenters. The average Bonchev–Trinajstić information content (AvgIpc) is 3.39. The van der Waals surface area contributed by atoms with E-state index in [0.717, 1.165) is 14.7 Å². The molecule has 1 heterocycles. The van der Waals surface area contributed by atoms with Crippen molar-refractivity contribution in [1.29, 1.82) is 0 Å². The largest absolute Gasteiger partial charge is 0.390 e. The molecule has 0 aromatic rings. The maximum absolute atomic E-state index is 15.1. The number of nitrogens with one attached hydrogen (secondary N) is 4. The Bertz CT molecular complexity index is 2220. The van der Waals surface area contributed by atoms with Crippen LogP contribution in [0.15, 0.2) is 12.2 Å². The first-order chi connectivity index (χ1) is 37.4. The molecule has 5 N–H and O–H groups in total. The molecule has 23 heteroatoms. The van der Waals surface area contributed by atoms with Crippen LogP contribution in [0.4, 0.5) is 0 Å². The highest BCUT2D eigenvalue weighted by Crippen LogP contribution is 2.25. The fourth-order valence-electron chi connectivity index (χ4n) is 9.93. The van der Waals surface area contributed by atoms with E-state index >= 15 is 9.59 Å². The molecule has 1 aliphatic heterocycles. The second-order valence-corrected chi connectivity index (χ2v) is 24.3. The number of carbonyl (C=O) groups is 11. The summed E-state index contributed by atoms with van der Waals surface area (Å²) in [6.07, 6.45) is 2.89. The van der Waals surface area contributed by atoms with E-state index in [2.05, 4.69) is 21.3 Å². The van der Waals surface area contributed by atoms with Gasteiger partial charge >= 0.3 is 0 Å². The van der Waals surface area contributed by atoms with E-state index in [0.29, 0.717) is 6.42 Å². The Morgan fingerprint density at radius 3 is 1.43 bits per heavy atom. The van der Waals surface area contributed by atoms with Gasteiger partial charge in [0, 0.05) is 49.3 Å². The molecule has 11 amide bonds. The topological polar surface area (TPSA) is 279 Å². The van der Waals surface area contributed by atoms with Crippen LogP contribution in [0, 0.1) is 35.5 Å². The highest BCUT2D eigenvalue weighted by molar-refractivity contribution is 5.99. The van der Waals surface area contributed by atoms with Gasteiger partial charge in [-0.3, -0.25) is 52.7 Å². The van der Waals surface area contributed by atoms with Crippen LogP contribution in [0.3, 0.4) is 0 Å². The zero-order valence-corrected chi connectivity index (χ0v) is 52.9. The quantitative estimate of drug-likeness (QED) is 0.165. The number of nitrogens with zero attached hydrogens (tertiary/aromatic N) is 7. The summed E-state index contributed by atoms with van der Waals surface area (Å²) in [6, 6.07) is -11.1. The van der Waals surface area contributed by atoms with E-state index in [1.54, 1.807) is 60.6 Å². The molecule has 23 nitrogen and oxygen atoms in total. The zero-order valence-electron chi connectivity index (χ0n) is 52.9. The second kappa shape index (κ2) is 33.1. The lowest BCUT2D eigenvalue weighted by Crippen LogP contribution is -2.63. The maximum atomic E-state index is 15.1. The molecule has 0 aromatic heterocycles. The molecular weight excluding hydrogens is 1040 g/mol. The molecule has 0 saturated carbocycles. The summed E-state index contributed by atoms with van der Waals surface area (Å²) in [4.78, 5) is 166. The van der Waals surface area contributed by atoms with Crippen LogP contribution in [0.1, 0.15) is 136 Å². The third kappa shape index (κ3) is 20.7. The minimum absolute atomic E-state index is 0.0248. The van der Waals surface area contributed by atoms with Gasteiger partial charge in [0.05, 0.1) is 19.2 Å². The van der Waals surface area contributed by atoms with E-state index in [-0.39, 0.29) is 43.4 Å². The van der Waals surface area contributed by atoms with Gasteiger partial charge in [0.1, 0.15) is 54.4 Å². The molecule has 0 bridgehead atoms. The Labute approximate surface area is 483 Å². The van der Waals surface area contributed by atoms with E-state index in [4.69, 9.17) is 0 Å². The average molecular weight is 1150 g/mol. The van der Waals surface area contributed by atoms with E-state index in [1.807, 2.05) is 41.5 Å². The van der Waals surface area contributed by atoms with Crippen molar-refractivity contribution >= 4 is 65.0 Å². The fraction of sp³-hybridized carbons (Fsp3) is 0.776. The van der Waals surface area contributed by atoms with E-state index in [1.165, 1.54) is 82.8 Å². The SMILES string of the molecule is C/C=C/C[C@@H](C)[C@@H](O)[C@H]1C(=O)N[C@@H](CC)C(=O)N(C)CC(=O)N(C)[C@@H](CC(C)C)C(=O)N[C@@H](C(C)C)C(=O)N(C)CC(=O)N[C@@H](C)C(=O)N[C@H](C)C(=O)N(C)[C@@H](CC(C)C)C(=O)N(C)[C@H](CC(C)C)C(=O)N(C)[C@@H](C(C)C)C(=O)N1C. The lowest BCUT2D eigenvalue weighted by atomic mass is 9.91. The van der Waals surface area contributed by atoms with Gasteiger partial charge in [0.2, 0.25) is 65.0 Å². The highest BCUT2D eigenvalue weighted by atomic mass is 16.3. The zero-order chi connectivity index (χ0) is 62.8. The van der Waals surface area contributed by atoms with Crippen molar-refractivity contribution in [2.24, 2.45) is 35.5 Å². The van der Waals surface area contributed by atoms with Gasteiger partial charge in [-0.25, -0.2) is 0 Å². The number of hydrogen-bond donors (Lipinski definition) is 5. The number of likely N-dealkylation sites (N-methyl/N-ethyl adjacent to an activating group) is 7. The Morgan fingerprint density at radius 2 is 0.963 bits per heavy atom. The molecule has 1 saturated heterocycles. The Morgan fingerprint density at radius 1 is 0.494 bits per heavy atom. The van der Waals surface area contributed by atoms with Crippen LogP contribution >= 0.6 is 0 Å². The summed E-state index contributed by atoms with van der Waals surface area (Å²) in [6.45, 7) is 24.9. The fourth-order valence-corrected chi connectivity index (χ4v) is 9.93. The van der Waals surface area contributed by atoms with Gasteiger partial charge in [-0.2, -0.15) is 0 Å².